The third kappa shape index (κ3) is 2.72. The first kappa shape index (κ1) is 14.2. The minimum absolute atomic E-state index is 0.182. The van der Waals surface area contributed by atoms with Crippen molar-refractivity contribution in [3.63, 3.8) is 0 Å². The van der Waals surface area contributed by atoms with Crippen molar-refractivity contribution in [1.82, 2.24) is 4.98 Å². The molecular formula is C19H23NO. The molecule has 3 rings (SSSR count). The topological polar surface area (TPSA) is 30.0 Å². The molecule has 1 aromatic carbocycles. The molecule has 0 N–H and O–H groups in total. The fraction of sp³-hybridized carbons (Fsp3) is 0.474. The Labute approximate surface area is 126 Å². The van der Waals surface area contributed by atoms with E-state index in [1.807, 2.05) is 37.3 Å². The van der Waals surface area contributed by atoms with E-state index < -0.39 is 0 Å². The second-order valence-corrected chi connectivity index (χ2v) is 6.66. The van der Waals surface area contributed by atoms with Crippen LogP contribution in [0, 0.1) is 24.7 Å². The van der Waals surface area contributed by atoms with Crippen LogP contribution >= 0.6 is 0 Å². The maximum Gasteiger partial charge on any atom is 0.166 e. The Morgan fingerprint density at radius 3 is 2.67 bits per heavy atom. The number of aromatic nitrogens is 1. The van der Waals surface area contributed by atoms with E-state index in [-0.39, 0.29) is 5.92 Å². The first-order valence-electron chi connectivity index (χ1n) is 7.97. The van der Waals surface area contributed by atoms with Crippen molar-refractivity contribution in [2.45, 2.75) is 40.0 Å². The van der Waals surface area contributed by atoms with E-state index in [4.69, 9.17) is 0 Å². The van der Waals surface area contributed by atoms with Crippen LogP contribution in [0.3, 0.4) is 0 Å². The van der Waals surface area contributed by atoms with Crippen LogP contribution < -0.4 is 0 Å². The fourth-order valence-electron chi connectivity index (χ4n) is 3.52. The number of para-hydroxylation sites is 1. The van der Waals surface area contributed by atoms with Crippen LogP contribution in [0.1, 0.15) is 49.2 Å². The Morgan fingerprint density at radius 2 is 1.90 bits per heavy atom. The number of aryl methyl sites for hydroxylation is 1. The third-order valence-corrected chi connectivity index (χ3v) is 5.08. The number of benzene rings is 1. The molecule has 110 valence electrons. The largest absolute Gasteiger partial charge is 0.294 e. The van der Waals surface area contributed by atoms with Gasteiger partial charge in [-0.25, -0.2) is 0 Å². The smallest absolute Gasteiger partial charge is 0.166 e. The summed E-state index contributed by atoms with van der Waals surface area (Å²) in [6.45, 7) is 6.55. The lowest BCUT2D eigenvalue weighted by molar-refractivity contribution is 0.0839. The normalized spacial score (nSPS) is 26.0. The zero-order valence-corrected chi connectivity index (χ0v) is 13.1. The zero-order chi connectivity index (χ0) is 15.0. The minimum atomic E-state index is 0.182. The molecule has 3 unspecified atom stereocenters. The average Bonchev–Trinajstić information content (AvgIpc) is 2.48. The van der Waals surface area contributed by atoms with Crippen molar-refractivity contribution in [3.05, 3.63) is 41.6 Å². The van der Waals surface area contributed by atoms with E-state index in [0.29, 0.717) is 11.7 Å². The van der Waals surface area contributed by atoms with Crippen LogP contribution in [0.5, 0.6) is 0 Å². The number of carbonyl (C=O) groups excluding carboxylic acids is 1. The number of rotatable bonds is 2. The predicted octanol–water partition coefficient (Wildman–Crippen LogP) is 4.80. The Morgan fingerprint density at radius 1 is 1.14 bits per heavy atom. The summed E-state index contributed by atoms with van der Waals surface area (Å²) in [6.07, 6.45) is 3.22. The molecule has 2 aromatic rings. The molecule has 1 aliphatic carbocycles. The summed E-state index contributed by atoms with van der Waals surface area (Å²) in [5.41, 5.74) is 2.72. The Kier molecular flexibility index (Phi) is 3.79. The van der Waals surface area contributed by atoms with E-state index in [2.05, 4.69) is 18.8 Å². The number of hydrogen-bond acceptors (Lipinski definition) is 2. The monoisotopic (exact) mass is 281 g/mol. The van der Waals surface area contributed by atoms with Gasteiger partial charge in [-0.15, -0.1) is 0 Å². The molecular weight excluding hydrogens is 258 g/mol. The zero-order valence-electron chi connectivity index (χ0n) is 13.1. The van der Waals surface area contributed by atoms with Crippen molar-refractivity contribution < 1.29 is 4.79 Å². The van der Waals surface area contributed by atoms with Gasteiger partial charge >= 0.3 is 0 Å². The minimum Gasteiger partial charge on any atom is -0.294 e. The molecule has 0 amide bonds. The van der Waals surface area contributed by atoms with E-state index in [9.17, 15) is 4.79 Å². The first-order chi connectivity index (χ1) is 10.1. The van der Waals surface area contributed by atoms with E-state index in [1.165, 1.54) is 6.42 Å². The van der Waals surface area contributed by atoms with Gasteiger partial charge < -0.3 is 0 Å². The van der Waals surface area contributed by atoms with E-state index >= 15 is 0 Å². The molecule has 3 atom stereocenters. The van der Waals surface area contributed by atoms with Gasteiger partial charge in [0.1, 0.15) is 0 Å². The number of hydrogen-bond donors (Lipinski definition) is 0. The molecule has 1 heterocycles. The molecule has 0 radical (unpaired) electrons. The second kappa shape index (κ2) is 5.59. The highest BCUT2D eigenvalue weighted by molar-refractivity contribution is 6.08. The van der Waals surface area contributed by atoms with Crippen LogP contribution in [0.15, 0.2) is 30.3 Å². The van der Waals surface area contributed by atoms with Crippen LogP contribution in [0.4, 0.5) is 0 Å². The lowest BCUT2D eigenvalue weighted by Gasteiger charge is -2.31. The summed E-state index contributed by atoms with van der Waals surface area (Å²) >= 11 is 0. The highest BCUT2D eigenvalue weighted by atomic mass is 16.1. The second-order valence-electron chi connectivity index (χ2n) is 6.66. The maximum atomic E-state index is 13.0. The molecule has 0 bridgehead atoms. The van der Waals surface area contributed by atoms with Gasteiger partial charge in [0.2, 0.25) is 0 Å². The Hall–Kier alpha value is -1.70. The summed E-state index contributed by atoms with van der Waals surface area (Å²) in [5.74, 6) is 1.88. The van der Waals surface area contributed by atoms with Gasteiger partial charge in [0, 0.05) is 22.6 Å². The summed E-state index contributed by atoms with van der Waals surface area (Å²) in [4.78, 5) is 17.5. The number of pyridine rings is 1. The highest BCUT2D eigenvalue weighted by Crippen LogP contribution is 2.36. The van der Waals surface area contributed by atoms with Crippen molar-refractivity contribution >= 4 is 16.7 Å². The van der Waals surface area contributed by atoms with Crippen molar-refractivity contribution in [2.75, 3.05) is 0 Å². The van der Waals surface area contributed by atoms with Gasteiger partial charge in [-0.3, -0.25) is 9.78 Å². The van der Waals surface area contributed by atoms with Gasteiger partial charge in [0.05, 0.1) is 5.52 Å². The van der Waals surface area contributed by atoms with Crippen LogP contribution in [0.2, 0.25) is 0 Å². The van der Waals surface area contributed by atoms with Crippen LogP contribution in [-0.2, 0) is 0 Å². The maximum absolute atomic E-state index is 13.0. The van der Waals surface area contributed by atoms with Crippen molar-refractivity contribution in [1.29, 1.82) is 0 Å². The number of carbonyl (C=O) groups is 1. The van der Waals surface area contributed by atoms with Gasteiger partial charge in [-0.2, -0.15) is 0 Å². The fourth-order valence-corrected chi connectivity index (χ4v) is 3.52. The summed E-state index contributed by atoms with van der Waals surface area (Å²) in [6, 6.07) is 9.94. The molecule has 1 fully saturated rings. The standard InChI is InChI=1S/C19H23NO/c1-12-8-9-15(10-13(12)2)19(21)17-11-14(3)20-18-7-5-4-6-16(17)18/h4-7,11-13,15H,8-10H2,1-3H3. The van der Waals surface area contributed by atoms with Crippen LogP contribution in [-0.4, -0.2) is 10.8 Å². The molecule has 21 heavy (non-hydrogen) atoms. The number of fused-ring (bicyclic) bond motifs is 1. The SMILES string of the molecule is Cc1cc(C(=O)C2CCC(C)C(C)C2)c2ccccc2n1. The molecule has 0 spiro atoms. The Bertz CT molecular complexity index is 676. The molecule has 1 aliphatic rings. The molecule has 1 saturated carbocycles. The highest BCUT2D eigenvalue weighted by Gasteiger charge is 2.30. The predicted molar refractivity (Wildman–Crippen MR) is 86.5 cm³/mol. The average molecular weight is 281 g/mol. The lowest BCUT2D eigenvalue weighted by atomic mass is 9.73. The molecule has 2 nitrogen and oxygen atoms in total. The van der Waals surface area contributed by atoms with Crippen molar-refractivity contribution in [2.24, 2.45) is 17.8 Å². The van der Waals surface area contributed by atoms with Gasteiger partial charge in [0.15, 0.2) is 5.78 Å². The first-order valence-corrected chi connectivity index (χ1v) is 7.97. The summed E-state index contributed by atoms with van der Waals surface area (Å²) < 4.78 is 0. The lowest BCUT2D eigenvalue weighted by Crippen LogP contribution is -2.26. The molecule has 0 aliphatic heterocycles. The van der Waals surface area contributed by atoms with E-state index in [0.717, 1.165) is 40.9 Å². The van der Waals surface area contributed by atoms with E-state index in [1.54, 1.807) is 0 Å². The number of ketones is 1. The van der Waals surface area contributed by atoms with Gasteiger partial charge in [-0.05, 0) is 50.2 Å². The van der Waals surface area contributed by atoms with Gasteiger partial charge in [0.25, 0.3) is 0 Å². The quantitative estimate of drug-likeness (QED) is 0.740. The Balaban J connectivity index is 1.98. The number of nitrogens with zero attached hydrogens (tertiary/aromatic N) is 1. The summed E-state index contributed by atoms with van der Waals surface area (Å²) in [7, 11) is 0. The third-order valence-electron chi connectivity index (χ3n) is 5.08. The molecule has 2 heteroatoms. The van der Waals surface area contributed by atoms with Crippen LogP contribution in [0.25, 0.3) is 10.9 Å². The number of Topliss-reactive ketones (excluding diaryl/α,β-unsaturated/α-hetero) is 1. The molecule has 1 aromatic heterocycles. The molecule has 0 saturated heterocycles. The van der Waals surface area contributed by atoms with Crippen molar-refractivity contribution in [3.8, 4) is 0 Å². The van der Waals surface area contributed by atoms with Gasteiger partial charge in [-0.1, -0.05) is 32.0 Å². The summed E-state index contributed by atoms with van der Waals surface area (Å²) in [5, 5.41) is 0.999.